The lowest BCUT2D eigenvalue weighted by Crippen LogP contribution is -2.40. The molecule has 1 aliphatic rings. The van der Waals surface area contributed by atoms with Crippen molar-refractivity contribution in [3.63, 3.8) is 0 Å². The van der Waals surface area contributed by atoms with Gasteiger partial charge in [-0.25, -0.2) is 4.79 Å². The fourth-order valence-electron chi connectivity index (χ4n) is 2.46. The van der Waals surface area contributed by atoms with Gasteiger partial charge in [-0.3, -0.25) is 19.3 Å². The Kier molecular flexibility index (Phi) is 5.80. The number of para-hydroxylation sites is 1. The van der Waals surface area contributed by atoms with Crippen LogP contribution in [0.1, 0.15) is 32.8 Å². The summed E-state index contributed by atoms with van der Waals surface area (Å²) in [4.78, 5) is 48.8. The molecule has 1 fully saturated rings. The van der Waals surface area contributed by atoms with Gasteiger partial charge in [0.25, 0.3) is 11.8 Å². The summed E-state index contributed by atoms with van der Waals surface area (Å²) in [6.07, 6.45) is -1.34. The Morgan fingerprint density at radius 2 is 2.00 bits per heavy atom. The van der Waals surface area contributed by atoms with Gasteiger partial charge < -0.3 is 15.4 Å². The maximum Gasteiger partial charge on any atom is 0.325 e. The van der Waals surface area contributed by atoms with E-state index in [0.29, 0.717) is 5.69 Å². The third kappa shape index (κ3) is 4.61. The quantitative estimate of drug-likeness (QED) is 0.569. The number of ether oxygens (including phenoxy) is 1. The van der Waals surface area contributed by atoms with Crippen molar-refractivity contribution in [1.29, 1.82) is 5.26 Å². The number of carbonyl (C=O) groups excluding carboxylic acids is 4. The van der Waals surface area contributed by atoms with Gasteiger partial charge >= 0.3 is 12.0 Å². The molecule has 0 bridgehead atoms. The third-order valence-corrected chi connectivity index (χ3v) is 3.97. The number of benzene rings is 1. The first kappa shape index (κ1) is 19.9. The zero-order valence-electron chi connectivity index (χ0n) is 15.2. The summed E-state index contributed by atoms with van der Waals surface area (Å²) in [5, 5.41) is 14.0. The van der Waals surface area contributed by atoms with Crippen molar-refractivity contribution in [1.82, 2.24) is 10.2 Å². The van der Waals surface area contributed by atoms with Gasteiger partial charge in [0.05, 0.1) is 17.7 Å². The van der Waals surface area contributed by atoms with Crippen LogP contribution >= 0.6 is 0 Å². The molecule has 0 aromatic heterocycles. The van der Waals surface area contributed by atoms with Crippen LogP contribution in [0.4, 0.5) is 10.5 Å². The van der Waals surface area contributed by atoms with E-state index < -0.39 is 35.5 Å². The normalized spacial score (nSPS) is 16.3. The van der Waals surface area contributed by atoms with Gasteiger partial charge in [0.15, 0.2) is 6.10 Å². The third-order valence-electron chi connectivity index (χ3n) is 3.97. The number of amides is 4. The van der Waals surface area contributed by atoms with Crippen molar-refractivity contribution < 1.29 is 23.9 Å². The zero-order chi connectivity index (χ0) is 20.2. The molecular weight excluding hydrogens is 352 g/mol. The number of nitrogens with one attached hydrogen (secondary N) is 2. The maximum absolute atomic E-state index is 12.1. The van der Waals surface area contributed by atoms with Crippen molar-refractivity contribution in [2.45, 2.75) is 38.8 Å². The van der Waals surface area contributed by atoms with Crippen molar-refractivity contribution >= 4 is 29.5 Å². The SMILES string of the molecule is C[C@H](OC(=O)CCN1C(=O)NC(C)(C)C1=O)C(=O)Nc1ccccc1C#N. The van der Waals surface area contributed by atoms with E-state index in [9.17, 15) is 19.2 Å². The molecule has 0 aliphatic carbocycles. The Balaban J connectivity index is 1.86. The van der Waals surface area contributed by atoms with E-state index in [1.807, 2.05) is 6.07 Å². The highest BCUT2D eigenvalue weighted by Gasteiger charge is 2.44. The molecule has 1 saturated heterocycles. The summed E-state index contributed by atoms with van der Waals surface area (Å²) < 4.78 is 5.04. The first-order valence-electron chi connectivity index (χ1n) is 8.29. The average Bonchev–Trinajstić information content (AvgIpc) is 2.80. The highest BCUT2D eigenvalue weighted by molar-refractivity contribution is 6.06. The van der Waals surface area contributed by atoms with E-state index in [2.05, 4.69) is 10.6 Å². The lowest BCUT2D eigenvalue weighted by atomic mass is 10.1. The second-order valence-corrected chi connectivity index (χ2v) is 6.54. The second-order valence-electron chi connectivity index (χ2n) is 6.54. The van der Waals surface area contributed by atoms with Gasteiger partial charge in [-0.1, -0.05) is 12.1 Å². The summed E-state index contributed by atoms with van der Waals surface area (Å²) in [5.41, 5.74) is -0.414. The predicted molar refractivity (Wildman–Crippen MR) is 94.3 cm³/mol. The molecular formula is C18H20N4O5. The Morgan fingerprint density at radius 3 is 2.59 bits per heavy atom. The minimum atomic E-state index is -1.11. The number of urea groups is 1. The van der Waals surface area contributed by atoms with Crippen molar-refractivity contribution in [3.8, 4) is 6.07 Å². The highest BCUT2D eigenvalue weighted by Crippen LogP contribution is 2.17. The fraction of sp³-hybridized carbons (Fsp3) is 0.389. The van der Waals surface area contributed by atoms with E-state index in [1.54, 1.807) is 38.1 Å². The summed E-state index contributed by atoms with van der Waals surface area (Å²) >= 11 is 0. The molecule has 2 N–H and O–H groups in total. The lowest BCUT2D eigenvalue weighted by molar-refractivity contribution is -0.153. The average molecular weight is 372 g/mol. The number of carbonyl (C=O) groups is 4. The molecule has 1 aromatic carbocycles. The van der Waals surface area contributed by atoms with E-state index in [0.717, 1.165) is 4.90 Å². The number of hydrogen-bond acceptors (Lipinski definition) is 6. The molecule has 1 aromatic rings. The van der Waals surface area contributed by atoms with Crippen LogP contribution in [-0.4, -0.2) is 46.9 Å². The molecule has 9 nitrogen and oxygen atoms in total. The van der Waals surface area contributed by atoms with Gasteiger partial charge in [-0.15, -0.1) is 0 Å². The van der Waals surface area contributed by atoms with Gasteiger partial charge in [0.2, 0.25) is 0 Å². The molecule has 1 atom stereocenters. The smallest absolute Gasteiger partial charge is 0.325 e. The molecule has 2 rings (SSSR count). The van der Waals surface area contributed by atoms with Crippen LogP contribution in [0.2, 0.25) is 0 Å². The van der Waals surface area contributed by atoms with E-state index >= 15 is 0 Å². The lowest BCUT2D eigenvalue weighted by Gasteiger charge is -2.17. The van der Waals surface area contributed by atoms with Gasteiger partial charge in [0, 0.05) is 6.54 Å². The molecule has 0 spiro atoms. The minimum absolute atomic E-state index is 0.140. The van der Waals surface area contributed by atoms with Crippen LogP contribution in [0.3, 0.4) is 0 Å². The number of esters is 1. The molecule has 0 unspecified atom stereocenters. The fourth-order valence-corrected chi connectivity index (χ4v) is 2.46. The molecule has 9 heteroatoms. The van der Waals surface area contributed by atoms with Gasteiger partial charge in [-0.05, 0) is 32.9 Å². The first-order chi connectivity index (χ1) is 12.7. The maximum atomic E-state index is 12.1. The minimum Gasteiger partial charge on any atom is -0.452 e. The Hall–Kier alpha value is -3.41. The van der Waals surface area contributed by atoms with Crippen LogP contribution in [0.25, 0.3) is 0 Å². The summed E-state index contributed by atoms with van der Waals surface area (Å²) in [6, 6.07) is 7.81. The summed E-state index contributed by atoms with van der Waals surface area (Å²) in [6.45, 7) is 4.38. The zero-order valence-corrected chi connectivity index (χ0v) is 15.2. The monoisotopic (exact) mass is 372 g/mol. The summed E-state index contributed by atoms with van der Waals surface area (Å²) in [7, 11) is 0. The number of nitrogens with zero attached hydrogens (tertiary/aromatic N) is 2. The Morgan fingerprint density at radius 1 is 1.33 bits per heavy atom. The van der Waals surface area contributed by atoms with Crippen LogP contribution in [0.5, 0.6) is 0 Å². The van der Waals surface area contributed by atoms with Crippen molar-refractivity contribution in [2.75, 3.05) is 11.9 Å². The van der Waals surface area contributed by atoms with Gasteiger partial charge in [-0.2, -0.15) is 5.26 Å². The van der Waals surface area contributed by atoms with Crippen LogP contribution < -0.4 is 10.6 Å². The standard InChI is InChI=1S/C18H20N4O5/c1-11(15(24)20-13-7-5-4-6-12(13)10-19)27-14(23)8-9-22-16(25)18(2,3)21-17(22)26/h4-7,11H,8-9H2,1-3H3,(H,20,24)(H,21,26)/t11-/m0/s1. The topological polar surface area (TPSA) is 129 Å². The van der Waals surface area contributed by atoms with E-state index in [1.165, 1.54) is 6.92 Å². The van der Waals surface area contributed by atoms with Crippen LogP contribution in [-0.2, 0) is 19.1 Å². The molecule has 0 saturated carbocycles. The largest absolute Gasteiger partial charge is 0.452 e. The van der Waals surface area contributed by atoms with Crippen LogP contribution in [0.15, 0.2) is 24.3 Å². The number of rotatable bonds is 6. The van der Waals surface area contributed by atoms with Crippen molar-refractivity contribution in [3.05, 3.63) is 29.8 Å². The molecule has 1 aliphatic heterocycles. The van der Waals surface area contributed by atoms with Crippen molar-refractivity contribution in [2.24, 2.45) is 0 Å². The number of anilines is 1. The summed E-state index contributed by atoms with van der Waals surface area (Å²) in [5.74, 6) is -1.75. The molecule has 1 heterocycles. The van der Waals surface area contributed by atoms with E-state index in [-0.39, 0.29) is 18.5 Å². The second kappa shape index (κ2) is 7.86. The predicted octanol–water partition coefficient (Wildman–Crippen LogP) is 1.15. The van der Waals surface area contributed by atoms with Gasteiger partial charge in [0.1, 0.15) is 11.6 Å². The number of nitriles is 1. The number of hydrogen-bond donors (Lipinski definition) is 2. The first-order valence-corrected chi connectivity index (χ1v) is 8.29. The molecule has 27 heavy (non-hydrogen) atoms. The Labute approximate surface area is 156 Å². The highest BCUT2D eigenvalue weighted by atomic mass is 16.5. The Bertz CT molecular complexity index is 827. The molecule has 0 radical (unpaired) electrons. The number of imide groups is 1. The molecule has 4 amide bonds. The van der Waals surface area contributed by atoms with E-state index in [4.69, 9.17) is 10.00 Å². The van der Waals surface area contributed by atoms with Crippen LogP contribution in [0, 0.1) is 11.3 Å². The molecule has 142 valence electrons.